The van der Waals surface area contributed by atoms with Crippen LogP contribution in [-0.4, -0.2) is 33.2 Å². The fourth-order valence-electron chi connectivity index (χ4n) is 1.98. The van der Waals surface area contributed by atoms with E-state index in [-0.39, 0.29) is 0 Å². The van der Waals surface area contributed by atoms with Gasteiger partial charge in [-0.05, 0) is 19.4 Å². The van der Waals surface area contributed by atoms with Gasteiger partial charge in [0.05, 0.1) is 12.1 Å². The molecule has 3 heterocycles. The third-order valence-electron chi connectivity index (χ3n) is 2.88. The third kappa shape index (κ3) is 2.16. The zero-order valence-electron chi connectivity index (χ0n) is 9.33. The molecular weight excluding hydrogens is 218 g/mol. The van der Waals surface area contributed by atoms with Gasteiger partial charge in [-0.3, -0.25) is 4.98 Å². The molecule has 0 spiro atoms. The summed E-state index contributed by atoms with van der Waals surface area (Å²) in [5, 5.41) is 7.27. The summed E-state index contributed by atoms with van der Waals surface area (Å²) in [6.07, 6.45) is 7.11. The minimum absolute atomic E-state index is 0.321. The van der Waals surface area contributed by atoms with Gasteiger partial charge >= 0.3 is 0 Å². The lowest BCUT2D eigenvalue weighted by atomic mass is 10.00. The van der Waals surface area contributed by atoms with Crippen molar-refractivity contribution in [3.8, 4) is 11.5 Å². The van der Waals surface area contributed by atoms with Crippen molar-refractivity contribution in [1.29, 1.82) is 0 Å². The van der Waals surface area contributed by atoms with Gasteiger partial charge < -0.3 is 9.84 Å². The fraction of sp³-hybridized carbons (Fsp3) is 0.455. The molecule has 0 bridgehead atoms. The van der Waals surface area contributed by atoms with E-state index in [0.717, 1.165) is 25.9 Å². The van der Waals surface area contributed by atoms with E-state index in [1.54, 1.807) is 18.6 Å². The predicted octanol–water partition coefficient (Wildman–Crippen LogP) is 0.994. The number of nitrogens with zero attached hydrogens (tertiary/aromatic N) is 4. The van der Waals surface area contributed by atoms with Gasteiger partial charge in [0, 0.05) is 18.9 Å². The fourth-order valence-corrected chi connectivity index (χ4v) is 1.98. The molecule has 3 rings (SSSR count). The lowest BCUT2D eigenvalue weighted by Gasteiger charge is -2.18. The third-order valence-corrected chi connectivity index (χ3v) is 2.88. The minimum atomic E-state index is 0.321. The minimum Gasteiger partial charge on any atom is -0.339 e. The Hall–Kier alpha value is -1.82. The summed E-state index contributed by atoms with van der Waals surface area (Å²) < 4.78 is 5.29. The van der Waals surface area contributed by atoms with Crippen molar-refractivity contribution < 1.29 is 4.52 Å². The first-order chi connectivity index (χ1) is 8.43. The molecule has 0 aliphatic carbocycles. The summed E-state index contributed by atoms with van der Waals surface area (Å²) in [7, 11) is 0. The summed E-state index contributed by atoms with van der Waals surface area (Å²) in [6.45, 7) is 1.98. The average Bonchev–Trinajstić information content (AvgIpc) is 2.90. The summed E-state index contributed by atoms with van der Waals surface area (Å²) in [4.78, 5) is 12.5. The number of rotatable bonds is 2. The van der Waals surface area contributed by atoms with Crippen LogP contribution in [0.2, 0.25) is 0 Å². The predicted molar refractivity (Wildman–Crippen MR) is 60.2 cm³/mol. The van der Waals surface area contributed by atoms with Crippen molar-refractivity contribution in [3.63, 3.8) is 0 Å². The van der Waals surface area contributed by atoms with E-state index < -0.39 is 0 Å². The topological polar surface area (TPSA) is 76.7 Å². The van der Waals surface area contributed by atoms with Gasteiger partial charge in [0.2, 0.25) is 11.7 Å². The van der Waals surface area contributed by atoms with Gasteiger partial charge in [-0.15, -0.1) is 0 Å². The molecular formula is C11H13N5O. The standard InChI is InChI=1S/C11H13N5O/c1-2-8(6-12-3-1)11-15-10(16-17-11)9-7-13-4-5-14-9/h4-5,7-8,12H,1-3,6H2/t8-/m1/s1. The SMILES string of the molecule is c1cnc(-c2noc([C@@H]3CCCNC3)n2)cn1. The summed E-state index contributed by atoms with van der Waals surface area (Å²) in [5.41, 5.74) is 0.645. The van der Waals surface area contributed by atoms with Gasteiger partial charge in [-0.2, -0.15) is 4.98 Å². The molecule has 2 aromatic rings. The molecule has 0 amide bonds. The summed E-state index contributed by atoms with van der Waals surface area (Å²) in [6, 6.07) is 0. The molecule has 0 unspecified atom stereocenters. The van der Waals surface area contributed by atoms with E-state index >= 15 is 0 Å². The maximum absolute atomic E-state index is 5.29. The molecule has 0 aromatic carbocycles. The second-order valence-electron chi connectivity index (χ2n) is 4.09. The normalized spacial score (nSPS) is 20.4. The van der Waals surface area contributed by atoms with Crippen molar-refractivity contribution >= 4 is 0 Å². The zero-order chi connectivity index (χ0) is 11.5. The molecule has 2 aromatic heterocycles. The molecule has 1 N–H and O–H groups in total. The second kappa shape index (κ2) is 4.58. The monoisotopic (exact) mass is 231 g/mol. The van der Waals surface area contributed by atoms with Crippen LogP contribution in [0.25, 0.3) is 11.5 Å². The Balaban J connectivity index is 1.83. The van der Waals surface area contributed by atoms with Crippen molar-refractivity contribution in [2.45, 2.75) is 18.8 Å². The zero-order valence-corrected chi connectivity index (χ0v) is 9.33. The lowest BCUT2D eigenvalue weighted by Crippen LogP contribution is -2.28. The Morgan fingerprint density at radius 2 is 2.35 bits per heavy atom. The van der Waals surface area contributed by atoms with Crippen LogP contribution in [-0.2, 0) is 0 Å². The molecule has 17 heavy (non-hydrogen) atoms. The maximum atomic E-state index is 5.29. The molecule has 1 saturated heterocycles. The highest BCUT2D eigenvalue weighted by molar-refractivity contribution is 5.45. The first-order valence-corrected chi connectivity index (χ1v) is 5.74. The molecule has 1 atom stereocenters. The first-order valence-electron chi connectivity index (χ1n) is 5.74. The average molecular weight is 231 g/mol. The van der Waals surface area contributed by atoms with E-state index in [1.165, 1.54) is 0 Å². The Morgan fingerprint density at radius 3 is 3.12 bits per heavy atom. The van der Waals surface area contributed by atoms with Crippen LogP contribution in [0.5, 0.6) is 0 Å². The largest absolute Gasteiger partial charge is 0.339 e. The van der Waals surface area contributed by atoms with Gasteiger partial charge in [-0.1, -0.05) is 5.16 Å². The highest BCUT2D eigenvalue weighted by Crippen LogP contribution is 2.23. The van der Waals surface area contributed by atoms with Crippen LogP contribution in [0, 0.1) is 0 Å². The van der Waals surface area contributed by atoms with Crippen LogP contribution < -0.4 is 5.32 Å². The number of aromatic nitrogens is 4. The molecule has 1 fully saturated rings. The Labute approximate surface area is 98.5 Å². The van der Waals surface area contributed by atoms with E-state index in [0.29, 0.717) is 23.3 Å². The van der Waals surface area contributed by atoms with Gasteiger partial charge in [0.15, 0.2) is 0 Å². The smallest absolute Gasteiger partial charge is 0.231 e. The number of hydrogen-bond donors (Lipinski definition) is 1. The van der Waals surface area contributed by atoms with Gasteiger partial charge in [0.25, 0.3) is 0 Å². The lowest BCUT2D eigenvalue weighted by molar-refractivity contribution is 0.322. The summed E-state index contributed by atoms with van der Waals surface area (Å²) >= 11 is 0. The van der Waals surface area contributed by atoms with E-state index in [2.05, 4.69) is 25.4 Å². The molecule has 88 valence electrons. The molecule has 0 radical (unpaired) electrons. The van der Waals surface area contributed by atoms with Crippen molar-refractivity contribution in [3.05, 3.63) is 24.5 Å². The van der Waals surface area contributed by atoms with Crippen LogP contribution in [0.1, 0.15) is 24.7 Å². The second-order valence-corrected chi connectivity index (χ2v) is 4.09. The van der Waals surface area contributed by atoms with Crippen molar-refractivity contribution in [2.24, 2.45) is 0 Å². The van der Waals surface area contributed by atoms with E-state index in [1.807, 2.05) is 0 Å². The molecule has 1 aliphatic heterocycles. The van der Waals surface area contributed by atoms with E-state index in [4.69, 9.17) is 4.52 Å². The molecule has 6 nitrogen and oxygen atoms in total. The van der Waals surface area contributed by atoms with Crippen LogP contribution in [0.4, 0.5) is 0 Å². The number of piperidine rings is 1. The Bertz CT molecular complexity index is 478. The Kier molecular flexibility index (Phi) is 2.79. The number of nitrogens with one attached hydrogen (secondary N) is 1. The number of hydrogen-bond acceptors (Lipinski definition) is 6. The highest BCUT2D eigenvalue weighted by Gasteiger charge is 2.21. The highest BCUT2D eigenvalue weighted by atomic mass is 16.5. The summed E-state index contributed by atoms with van der Waals surface area (Å²) in [5.74, 6) is 1.53. The Morgan fingerprint density at radius 1 is 1.35 bits per heavy atom. The maximum Gasteiger partial charge on any atom is 0.231 e. The molecule has 1 aliphatic rings. The van der Waals surface area contributed by atoms with Crippen molar-refractivity contribution in [2.75, 3.05) is 13.1 Å². The molecule has 6 heteroatoms. The van der Waals surface area contributed by atoms with Crippen molar-refractivity contribution in [1.82, 2.24) is 25.4 Å². The quantitative estimate of drug-likeness (QED) is 0.830. The van der Waals surface area contributed by atoms with Crippen LogP contribution in [0.15, 0.2) is 23.1 Å². The first kappa shape index (κ1) is 10.3. The van der Waals surface area contributed by atoms with Crippen LogP contribution in [0.3, 0.4) is 0 Å². The van der Waals surface area contributed by atoms with E-state index in [9.17, 15) is 0 Å². The van der Waals surface area contributed by atoms with Gasteiger partial charge in [0.1, 0.15) is 5.69 Å². The van der Waals surface area contributed by atoms with Crippen LogP contribution >= 0.6 is 0 Å². The molecule has 0 saturated carbocycles. The van der Waals surface area contributed by atoms with Gasteiger partial charge in [-0.25, -0.2) is 4.98 Å².